The van der Waals surface area contributed by atoms with Crippen LogP contribution in [0.3, 0.4) is 0 Å². The molecule has 1 N–H and O–H groups in total. The van der Waals surface area contributed by atoms with E-state index in [9.17, 15) is 18.3 Å². The van der Waals surface area contributed by atoms with E-state index in [1.807, 2.05) is 6.92 Å². The maximum Gasteiger partial charge on any atom is 0.410 e. The van der Waals surface area contributed by atoms with Gasteiger partial charge in [0.15, 0.2) is 0 Å². The lowest BCUT2D eigenvalue weighted by molar-refractivity contribution is 0.0174. The molecule has 0 bridgehead atoms. The van der Waals surface area contributed by atoms with Gasteiger partial charge in [0, 0.05) is 0 Å². The Balaban J connectivity index is 2.04. The van der Waals surface area contributed by atoms with Gasteiger partial charge in [0.2, 0.25) is 0 Å². The Morgan fingerprint density at radius 2 is 1.88 bits per heavy atom. The summed E-state index contributed by atoms with van der Waals surface area (Å²) in [6.45, 7) is 6.94. The van der Waals surface area contributed by atoms with Crippen molar-refractivity contribution in [2.45, 2.75) is 56.8 Å². The maximum atomic E-state index is 12.3. The number of hydrogen-bond acceptors (Lipinski definition) is 6. The molecule has 1 aliphatic rings. The van der Waals surface area contributed by atoms with E-state index in [-0.39, 0.29) is 24.5 Å². The summed E-state index contributed by atoms with van der Waals surface area (Å²) in [7, 11) is -3.93. The fourth-order valence-corrected chi connectivity index (χ4v) is 3.48. The molecule has 1 heterocycles. The first-order valence-electron chi connectivity index (χ1n) is 8.12. The van der Waals surface area contributed by atoms with Crippen molar-refractivity contribution in [2.24, 2.45) is 0 Å². The molecule has 0 aromatic heterocycles. The highest BCUT2D eigenvalue weighted by Crippen LogP contribution is 2.23. The van der Waals surface area contributed by atoms with Gasteiger partial charge >= 0.3 is 6.09 Å². The number of carbonyl (C=O) groups is 1. The van der Waals surface area contributed by atoms with Crippen LogP contribution in [0.1, 0.15) is 32.8 Å². The Morgan fingerprint density at radius 3 is 2.44 bits per heavy atom. The molecule has 0 spiro atoms. The monoisotopic (exact) mass is 371 g/mol. The maximum absolute atomic E-state index is 12.3. The highest BCUT2D eigenvalue weighted by atomic mass is 32.2. The molecule has 1 saturated heterocycles. The molecular weight excluding hydrogens is 346 g/mol. The van der Waals surface area contributed by atoms with Gasteiger partial charge in [0.25, 0.3) is 10.1 Å². The van der Waals surface area contributed by atoms with E-state index in [4.69, 9.17) is 8.92 Å². The van der Waals surface area contributed by atoms with Crippen LogP contribution in [-0.4, -0.2) is 55.4 Å². The second kappa shape index (κ2) is 7.31. The van der Waals surface area contributed by atoms with Gasteiger partial charge in [-0.05, 0) is 46.2 Å². The molecule has 0 saturated carbocycles. The number of benzene rings is 1. The van der Waals surface area contributed by atoms with Gasteiger partial charge in [-0.3, -0.25) is 4.18 Å². The summed E-state index contributed by atoms with van der Waals surface area (Å²) in [4.78, 5) is 13.6. The highest BCUT2D eigenvalue weighted by molar-refractivity contribution is 7.86. The van der Waals surface area contributed by atoms with Gasteiger partial charge in [-0.15, -0.1) is 0 Å². The van der Waals surface area contributed by atoms with Crippen LogP contribution < -0.4 is 0 Å². The molecule has 7 nitrogen and oxygen atoms in total. The molecule has 8 heteroatoms. The lowest BCUT2D eigenvalue weighted by Gasteiger charge is -2.28. The Kier molecular flexibility index (Phi) is 5.75. The molecular formula is C17H25NO6S. The number of rotatable bonds is 4. The smallest absolute Gasteiger partial charge is 0.410 e. The van der Waals surface area contributed by atoms with E-state index in [0.717, 1.165) is 5.56 Å². The van der Waals surface area contributed by atoms with E-state index in [1.54, 1.807) is 32.9 Å². The third kappa shape index (κ3) is 5.42. The zero-order valence-electron chi connectivity index (χ0n) is 14.9. The zero-order valence-corrected chi connectivity index (χ0v) is 15.7. The fourth-order valence-electron chi connectivity index (χ4n) is 2.54. The van der Waals surface area contributed by atoms with Crippen molar-refractivity contribution >= 4 is 16.2 Å². The number of aryl methyl sites for hydroxylation is 1. The van der Waals surface area contributed by atoms with Crippen LogP contribution in [0.25, 0.3) is 0 Å². The van der Waals surface area contributed by atoms with Crippen molar-refractivity contribution in [1.82, 2.24) is 4.90 Å². The van der Waals surface area contributed by atoms with Gasteiger partial charge < -0.3 is 14.7 Å². The van der Waals surface area contributed by atoms with Crippen LogP contribution >= 0.6 is 0 Å². The first-order valence-corrected chi connectivity index (χ1v) is 9.52. The highest BCUT2D eigenvalue weighted by Gasteiger charge is 2.37. The molecule has 1 fully saturated rings. The van der Waals surface area contributed by atoms with Crippen molar-refractivity contribution in [3.05, 3.63) is 29.8 Å². The summed E-state index contributed by atoms with van der Waals surface area (Å²) in [6, 6.07) is 5.75. The van der Waals surface area contributed by atoms with Crippen LogP contribution in [0.4, 0.5) is 4.79 Å². The Bertz CT molecular complexity index is 708. The van der Waals surface area contributed by atoms with E-state index < -0.39 is 34.0 Å². The number of β-amino-alcohol motifs (C(OH)–C–C–N with tert-alkyl or cyclic N) is 1. The topological polar surface area (TPSA) is 93.1 Å². The minimum absolute atomic E-state index is 0.0560. The third-order valence-electron chi connectivity index (χ3n) is 3.75. The first-order chi connectivity index (χ1) is 11.5. The summed E-state index contributed by atoms with van der Waals surface area (Å²) >= 11 is 0. The lowest BCUT2D eigenvalue weighted by atomic mass is 10.2. The van der Waals surface area contributed by atoms with Crippen LogP contribution in [0.5, 0.6) is 0 Å². The molecule has 25 heavy (non-hydrogen) atoms. The van der Waals surface area contributed by atoms with Gasteiger partial charge in [0.05, 0.1) is 30.2 Å². The van der Waals surface area contributed by atoms with E-state index in [1.165, 1.54) is 17.0 Å². The Labute approximate surface area is 148 Å². The quantitative estimate of drug-likeness (QED) is 0.815. The normalized spacial score (nSPS) is 21.4. The zero-order chi connectivity index (χ0) is 18.8. The van der Waals surface area contributed by atoms with Gasteiger partial charge in [-0.1, -0.05) is 17.7 Å². The van der Waals surface area contributed by atoms with Crippen molar-refractivity contribution in [3.63, 3.8) is 0 Å². The molecule has 2 atom stereocenters. The van der Waals surface area contributed by atoms with Crippen molar-refractivity contribution in [3.8, 4) is 0 Å². The van der Waals surface area contributed by atoms with Crippen LogP contribution in [-0.2, 0) is 19.0 Å². The fraction of sp³-hybridized carbons (Fsp3) is 0.588. The molecule has 0 aliphatic carbocycles. The molecule has 2 rings (SSSR count). The van der Waals surface area contributed by atoms with E-state index >= 15 is 0 Å². The number of carbonyl (C=O) groups excluding carboxylic acids is 1. The summed E-state index contributed by atoms with van der Waals surface area (Å²) in [6.07, 6.45) is -1.09. The standard InChI is InChI=1S/C17H25NO6S/c1-12-5-7-15(8-6-12)25(21,22)23-11-13-9-14(19)10-18(13)16(20)24-17(2,3)4/h5-8,13-14,19H,9-11H2,1-4H3/t13-,14-/m1/s1. The summed E-state index contributed by atoms with van der Waals surface area (Å²) in [5, 5.41) is 9.84. The van der Waals surface area contributed by atoms with Crippen molar-refractivity contribution < 1.29 is 27.2 Å². The number of nitrogens with zero attached hydrogens (tertiary/aromatic N) is 1. The molecule has 1 aromatic carbocycles. The van der Waals surface area contributed by atoms with E-state index in [0.29, 0.717) is 0 Å². The summed E-state index contributed by atoms with van der Waals surface area (Å²) in [5.41, 5.74) is 0.262. The number of likely N-dealkylation sites (tertiary alicyclic amines) is 1. The van der Waals surface area contributed by atoms with Gasteiger partial charge in [-0.25, -0.2) is 4.79 Å². The minimum Gasteiger partial charge on any atom is -0.444 e. The van der Waals surface area contributed by atoms with Crippen molar-refractivity contribution in [2.75, 3.05) is 13.2 Å². The summed E-state index contributed by atoms with van der Waals surface area (Å²) < 4.78 is 34.9. The van der Waals surface area contributed by atoms with Gasteiger partial charge in [0.1, 0.15) is 5.60 Å². The third-order valence-corrected chi connectivity index (χ3v) is 5.04. The average Bonchev–Trinajstić information content (AvgIpc) is 2.85. The Hall–Kier alpha value is -1.64. The number of amides is 1. The summed E-state index contributed by atoms with van der Waals surface area (Å²) in [5.74, 6) is 0. The number of aliphatic hydroxyl groups excluding tert-OH is 1. The second-order valence-corrected chi connectivity index (χ2v) is 8.84. The van der Waals surface area contributed by atoms with Crippen molar-refractivity contribution in [1.29, 1.82) is 0 Å². The number of aliphatic hydroxyl groups is 1. The first kappa shape index (κ1) is 19.7. The largest absolute Gasteiger partial charge is 0.444 e. The molecule has 140 valence electrons. The molecule has 1 amide bonds. The van der Waals surface area contributed by atoms with Crippen LogP contribution in [0, 0.1) is 6.92 Å². The Morgan fingerprint density at radius 1 is 1.28 bits per heavy atom. The molecule has 0 unspecified atom stereocenters. The average molecular weight is 371 g/mol. The lowest BCUT2D eigenvalue weighted by Crippen LogP contribution is -2.42. The van der Waals surface area contributed by atoms with Crippen LogP contribution in [0.2, 0.25) is 0 Å². The van der Waals surface area contributed by atoms with Gasteiger partial charge in [-0.2, -0.15) is 8.42 Å². The number of hydrogen-bond donors (Lipinski definition) is 1. The molecule has 0 radical (unpaired) electrons. The minimum atomic E-state index is -3.93. The predicted octanol–water partition coefficient (Wildman–Crippen LogP) is 2.07. The SMILES string of the molecule is Cc1ccc(S(=O)(=O)OC[C@H]2C[C@@H](O)CN2C(=O)OC(C)(C)C)cc1. The molecule has 1 aromatic rings. The number of ether oxygens (including phenoxy) is 1. The van der Waals surface area contributed by atoms with Crippen LogP contribution in [0.15, 0.2) is 29.2 Å². The second-order valence-electron chi connectivity index (χ2n) is 7.23. The van der Waals surface area contributed by atoms with E-state index in [2.05, 4.69) is 0 Å². The predicted molar refractivity (Wildman–Crippen MR) is 91.7 cm³/mol. The molecule has 1 aliphatic heterocycles.